The zero-order chi connectivity index (χ0) is 20.5. The van der Waals surface area contributed by atoms with Gasteiger partial charge < -0.3 is 15.5 Å². The quantitative estimate of drug-likeness (QED) is 0.726. The molecule has 28 heavy (non-hydrogen) atoms. The van der Waals surface area contributed by atoms with Gasteiger partial charge in [0.1, 0.15) is 5.70 Å². The molecule has 0 aliphatic heterocycles. The molecule has 0 bridgehead atoms. The fourth-order valence-corrected chi connectivity index (χ4v) is 2.49. The molecule has 0 aliphatic rings. The third-order valence-corrected chi connectivity index (χ3v) is 4.00. The van der Waals surface area contributed by atoms with E-state index in [0.29, 0.717) is 18.5 Å². The van der Waals surface area contributed by atoms with Crippen molar-refractivity contribution in [1.29, 1.82) is 0 Å². The largest absolute Gasteiger partial charge is 0.349 e. The number of nitrogens with zero attached hydrogens (tertiary/aromatic N) is 1. The monoisotopic (exact) mass is 379 g/mol. The molecule has 0 heterocycles. The van der Waals surface area contributed by atoms with Crippen LogP contribution in [-0.2, 0) is 20.8 Å². The first kappa shape index (κ1) is 20.9. The second-order valence-electron chi connectivity index (χ2n) is 6.59. The molecule has 0 spiro atoms. The highest BCUT2D eigenvalue weighted by Gasteiger charge is 2.12. The molecule has 2 aromatic carbocycles. The number of rotatable bonds is 7. The van der Waals surface area contributed by atoms with Crippen molar-refractivity contribution in [2.75, 3.05) is 19.4 Å². The van der Waals surface area contributed by atoms with E-state index in [9.17, 15) is 14.4 Å². The Kier molecular flexibility index (Phi) is 7.51. The SMILES string of the molecule is CC(=O)N/C(=C\c1ccccc1)C(=O)Nc1ccc(CCC(=O)N(C)C)cc1. The Hall–Kier alpha value is -3.41. The van der Waals surface area contributed by atoms with Gasteiger partial charge in [0.25, 0.3) is 5.91 Å². The first-order valence-corrected chi connectivity index (χ1v) is 9.00. The number of benzene rings is 2. The Morgan fingerprint density at radius 1 is 0.964 bits per heavy atom. The van der Waals surface area contributed by atoms with Crippen LogP contribution in [-0.4, -0.2) is 36.7 Å². The summed E-state index contributed by atoms with van der Waals surface area (Å²) in [6, 6.07) is 16.6. The molecule has 2 N–H and O–H groups in total. The van der Waals surface area contributed by atoms with Crippen molar-refractivity contribution >= 4 is 29.5 Å². The Balaban J connectivity index is 2.05. The van der Waals surface area contributed by atoms with Gasteiger partial charge in [-0.2, -0.15) is 0 Å². The Bertz CT molecular complexity index is 856. The maximum absolute atomic E-state index is 12.6. The van der Waals surface area contributed by atoms with E-state index in [2.05, 4.69) is 10.6 Å². The number of hydrogen-bond acceptors (Lipinski definition) is 3. The predicted molar refractivity (Wildman–Crippen MR) is 110 cm³/mol. The summed E-state index contributed by atoms with van der Waals surface area (Å²) in [6.07, 6.45) is 2.69. The van der Waals surface area contributed by atoms with Crippen LogP contribution in [0.4, 0.5) is 5.69 Å². The van der Waals surface area contributed by atoms with E-state index in [0.717, 1.165) is 11.1 Å². The van der Waals surface area contributed by atoms with Crippen LogP contribution in [0.2, 0.25) is 0 Å². The number of carbonyl (C=O) groups is 3. The van der Waals surface area contributed by atoms with Crippen LogP contribution in [0.25, 0.3) is 6.08 Å². The van der Waals surface area contributed by atoms with E-state index in [-0.39, 0.29) is 17.5 Å². The van der Waals surface area contributed by atoms with Crippen molar-refractivity contribution in [2.24, 2.45) is 0 Å². The van der Waals surface area contributed by atoms with Crippen LogP contribution in [0, 0.1) is 0 Å². The van der Waals surface area contributed by atoms with E-state index in [1.54, 1.807) is 37.2 Å². The van der Waals surface area contributed by atoms with Crippen LogP contribution in [0.5, 0.6) is 0 Å². The van der Waals surface area contributed by atoms with Crippen LogP contribution in [0.3, 0.4) is 0 Å². The number of anilines is 1. The minimum atomic E-state index is -0.408. The third kappa shape index (κ3) is 6.72. The van der Waals surface area contributed by atoms with Gasteiger partial charge in [-0.15, -0.1) is 0 Å². The van der Waals surface area contributed by atoms with Crippen LogP contribution >= 0.6 is 0 Å². The van der Waals surface area contributed by atoms with E-state index >= 15 is 0 Å². The highest BCUT2D eigenvalue weighted by atomic mass is 16.2. The second-order valence-corrected chi connectivity index (χ2v) is 6.59. The lowest BCUT2D eigenvalue weighted by Gasteiger charge is -2.11. The van der Waals surface area contributed by atoms with E-state index in [4.69, 9.17) is 0 Å². The van der Waals surface area contributed by atoms with Crippen molar-refractivity contribution in [1.82, 2.24) is 10.2 Å². The Morgan fingerprint density at radius 2 is 1.61 bits per heavy atom. The lowest BCUT2D eigenvalue weighted by atomic mass is 10.1. The lowest BCUT2D eigenvalue weighted by molar-refractivity contribution is -0.128. The number of aryl methyl sites for hydroxylation is 1. The average molecular weight is 379 g/mol. The summed E-state index contributed by atoms with van der Waals surface area (Å²) in [6.45, 7) is 1.36. The fourth-order valence-electron chi connectivity index (χ4n) is 2.49. The molecule has 0 fully saturated rings. The first-order valence-electron chi connectivity index (χ1n) is 9.00. The summed E-state index contributed by atoms with van der Waals surface area (Å²) in [7, 11) is 3.47. The van der Waals surface area contributed by atoms with E-state index in [1.807, 2.05) is 42.5 Å². The Labute approximate surface area is 165 Å². The van der Waals surface area contributed by atoms with Crippen LogP contribution in [0.1, 0.15) is 24.5 Å². The third-order valence-electron chi connectivity index (χ3n) is 4.00. The summed E-state index contributed by atoms with van der Waals surface area (Å²) in [5.74, 6) is -0.656. The highest BCUT2D eigenvalue weighted by Crippen LogP contribution is 2.13. The molecule has 6 nitrogen and oxygen atoms in total. The summed E-state index contributed by atoms with van der Waals surface area (Å²) in [5, 5.41) is 5.35. The lowest BCUT2D eigenvalue weighted by Crippen LogP contribution is -2.28. The van der Waals surface area contributed by atoms with Gasteiger partial charge >= 0.3 is 0 Å². The van der Waals surface area contributed by atoms with Crippen molar-refractivity contribution in [3.63, 3.8) is 0 Å². The second kappa shape index (κ2) is 10.1. The Morgan fingerprint density at radius 3 is 2.18 bits per heavy atom. The smallest absolute Gasteiger partial charge is 0.272 e. The van der Waals surface area contributed by atoms with Gasteiger partial charge in [0.2, 0.25) is 11.8 Å². The molecule has 146 valence electrons. The molecule has 0 saturated heterocycles. The molecule has 0 radical (unpaired) electrons. The minimum Gasteiger partial charge on any atom is -0.349 e. The van der Waals surface area contributed by atoms with Gasteiger partial charge in [0.05, 0.1) is 0 Å². The molecular weight excluding hydrogens is 354 g/mol. The number of nitrogens with one attached hydrogen (secondary N) is 2. The van der Waals surface area contributed by atoms with Crippen molar-refractivity contribution in [3.05, 3.63) is 71.4 Å². The highest BCUT2D eigenvalue weighted by molar-refractivity contribution is 6.08. The van der Waals surface area contributed by atoms with Gasteiger partial charge in [-0.25, -0.2) is 0 Å². The number of hydrogen-bond donors (Lipinski definition) is 2. The van der Waals surface area contributed by atoms with Gasteiger partial charge in [0, 0.05) is 33.1 Å². The average Bonchev–Trinajstić information content (AvgIpc) is 2.67. The van der Waals surface area contributed by atoms with Crippen LogP contribution in [0.15, 0.2) is 60.3 Å². The van der Waals surface area contributed by atoms with Gasteiger partial charge in [-0.3, -0.25) is 14.4 Å². The summed E-state index contributed by atoms with van der Waals surface area (Å²) < 4.78 is 0. The summed E-state index contributed by atoms with van der Waals surface area (Å²) >= 11 is 0. The van der Waals surface area contributed by atoms with E-state index < -0.39 is 5.91 Å². The molecule has 0 unspecified atom stereocenters. The molecule has 2 rings (SSSR count). The van der Waals surface area contributed by atoms with Crippen molar-refractivity contribution in [2.45, 2.75) is 19.8 Å². The summed E-state index contributed by atoms with van der Waals surface area (Å²) in [4.78, 5) is 37.3. The number of amides is 3. The van der Waals surface area contributed by atoms with Crippen molar-refractivity contribution < 1.29 is 14.4 Å². The standard InChI is InChI=1S/C22H25N3O3/c1-16(26)23-20(15-18-7-5-4-6-8-18)22(28)24-19-12-9-17(10-13-19)11-14-21(27)25(2)3/h4-10,12-13,15H,11,14H2,1-3H3,(H,23,26)(H,24,28)/b20-15-. The molecule has 2 aromatic rings. The number of carbonyl (C=O) groups excluding carboxylic acids is 3. The van der Waals surface area contributed by atoms with Crippen molar-refractivity contribution in [3.8, 4) is 0 Å². The molecule has 0 aliphatic carbocycles. The van der Waals surface area contributed by atoms with E-state index in [1.165, 1.54) is 6.92 Å². The molecule has 3 amide bonds. The molecule has 0 atom stereocenters. The zero-order valence-electron chi connectivity index (χ0n) is 16.4. The maximum atomic E-state index is 12.6. The minimum absolute atomic E-state index is 0.0726. The molecule has 0 saturated carbocycles. The summed E-state index contributed by atoms with van der Waals surface area (Å²) in [5.41, 5.74) is 2.59. The normalized spacial score (nSPS) is 10.9. The maximum Gasteiger partial charge on any atom is 0.272 e. The van der Waals surface area contributed by atoms with Gasteiger partial charge in [-0.05, 0) is 35.8 Å². The zero-order valence-corrected chi connectivity index (χ0v) is 16.4. The first-order chi connectivity index (χ1) is 13.3. The van der Waals surface area contributed by atoms with Gasteiger partial charge in [-0.1, -0.05) is 42.5 Å². The predicted octanol–water partition coefficient (Wildman–Crippen LogP) is 2.82. The topological polar surface area (TPSA) is 78.5 Å². The van der Waals surface area contributed by atoms with Crippen LogP contribution < -0.4 is 10.6 Å². The van der Waals surface area contributed by atoms with Gasteiger partial charge in [0.15, 0.2) is 0 Å². The fraction of sp³-hybridized carbons (Fsp3) is 0.227. The molecule has 6 heteroatoms. The molecular formula is C22H25N3O3. The molecule has 0 aromatic heterocycles.